The number of sulfonamides is 1. The quantitative estimate of drug-likeness (QED) is 0.781. The standard InChI is InChI=1S/C17H28N4O3S/c1-13(21-10-6-8-15(12-21)18-2)17(22)19-14-7-5-9-16(11-14)25(23,24)20(3)4/h5,7,9,11,13,15,18H,6,8,10,12H2,1-4H3,(H,19,22). The summed E-state index contributed by atoms with van der Waals surface area (Å²) in [6.45, 7) is 3.61. The van der Waals surface area contributed by atoms with Gasteiger partial charge in [0.1, 0.15) is 0 Å². The summed E-state index contributed by atoms with van der Waals surface area (Å²) < 4.78 is 25.6. The number of rotatable bonds is 6. The fourth-order valence-corrected chi connectivity index (χ4v) is 3.90. The van der Waals surface area contributed by atoms with Gasteiger partial charge in [-0.05, 0) is 51.6 Å². The van der Waals surface area contributed by atoms with Gasteiger partial charge in [-0.2, -0.15) is 0 Å². The fourth-order valence-electron chi connectivity index (χ4n) is 2.95. The third-order valence-corrected chi connectivity index (χ3v) is 6.48. The minimum Gasteiger partial charge on any atom is -0.325 e. The van der Waals surface area contributed by atoms with E-state index in [9.17, 15) is 13.2 Å². The number of anilines is 1. The molecule has 2 rings (SSSR count). The predicted octanol–water partition coefficient (Wildman–Crippen LogP) is 0.948. The second-order valence-corrected chi connectivity index (χ2v) is 8.76. The third-order valence-electron chi connectivity index (χ3n) is 4.67. The molecule has 1 aliphatic rings. The summed E-state index contributed by atoms with van der Waals surface area (Å²) in [7, 11) is 1.38. The van der Waals surface area contributed by atoms with Crippen molar-refractivity contribution in [2.45, 2.75) is 36.7 Å². The number of hydrogen-bond donors (Lipinski definition) is 2. The van der Waals surface area contributed by atoms with Gasteiger partial charge in [-0.15, -0.1) is 0 Å². The van der Waals surface area contributed by atoms with E-state index >= 15 is 0 Å². The Morgan fingerprint density at radius 1 is 1.36 bits per heavy atom. The molecular formula is C17H28N4O3S. The van der Waals surface area contributed by atoms with Gasteiger partial charge >= 0.3 is 0 Å². The molecule has 1 aromatic rings. The Balaban J connectivity index is 2.08. The molecule has 1 heterocycles. The average Bonchev–Trinajstić information content (AvgIpc) is 2.61. The molecule has 0 aliphatic carbocycles. The van der Waals surface area contributed by atoms with Crippen molar-refractivity contribution in [3.05, 3.63) is 24.3 Å². The molecule has 1 saturated heterocycles. The van der Waals surface area contributed by atoms with Crippen LogP contribution in [0.25, 0.3) is 0 Å². The maximum atomic E-state index is 12.6. The highest BCUT2D eigenvalue weighted by Crippen LogP contribution is 2.19. The highest BCUT2D eigenvalue weighted by Gasteiger charge is 2.27. The SMILES string of the molecule is CNC1CCCN(C(C)C(=O)Nc2cccc(S(=O)(=O)N(C)C)c2)C1. The minimum atomic E-state index is -3.52. The van der Waals surface area contributed by atoms with Gasteiger partial charge in [-0.25, -0.2) is 12.7 Å². The zero-order valence-corrected chi connectivity index (χ0v) is 16.1. The lowest BCUT2D eigenvalue weighted by atomic mass is 10.0. The summed E-state index contributed by atoms with van der Waals surface area (Å²) >= 11 is 0. The first-order chi connectivity index (χ1) is 11.8. The number of carbonyl (C=O) groups is 1. The second-order valence-electron chi connectivity index (χ2n) is 6.60. The lowest BCUT2D eigenvalue weighted by Crippen LogP contribution is -2.51. The number of carbonyl (C=O) groups excluding carboxylic acids is 1. The van der Waals surface area contributed by atoms with Crippen LogP contribution in [-0.2, 0) is 14.8 Å². The summed E-state index contributed by atoms with van der Waals surface area (Å²) in [5, 5.41) is 6.11. The van der Waals surface area contributed by atoms with Crippen molar-refractivity contribution in [2.75, 3.05) is 39.5 Å². The molecule has 1 amide bonds. The van der Waals surface area contributed by atoms with Crippen LogP contribution >= 0.6 is 0 Å². The molecule has 0 saturated carbocycles. The first kappa shape index (κ1) is 19.8. The van der Waals surface area contributed by atoms with Gasteiger partial charge in [-0.1, -0.05) is 6.07 Å². The summed E-state index contributed by atoms with van der Waals surface area (Å²) in [6, 6.07) is 6.48. The number of benzene rings is 1. The highest BCUT2D eigenvalue weighted by atomic mass is 32.2. The summed E-state index contributed by atoms with van der Waals surface area (Å²) in [5.41, 5.74) is 0.488. The van der Waals surface area contributed by atoms with Crippen LogP contribution in [0.1, 0.15) is 19.8 Å². The van der Waals surface area contributed by atoms with Crippen LogP contribution in [0, 0.1) is 0 Å². The summed E-state index contributed by atoms with van der Waals surface area (Å²) in [5.74, 6) is -0.129. The Morgan fingerprint density at radius 3 is 2.72 bits per heavy atom. The molecule has 0 spiro atoms. The minimum absolute atomic E-state index is 0.129. The molecule has 1 fully saturated rings. The fraction of sp³-hybridized carbons (Fsp3) is 0.588. The average molecular weight is 369 g/mol. The largest absolute Gasteiger partial charge is 0.325 e. The van der Waals surface area contributed by atoms with E-state index < -0.39 is 10.0 Å². The summed E-state index contributed by atoms with van der Waals surface area (Å²) in [6.07, 6.45) is 2.17. The van der Waals surface area contributed by atoms with Gasteiger partial charge in [0.05, 0.1) is 10.9 Å². The van der Waals surface area contributed by atoms with E-state index in [0.717, 1.165) is 30.2 Å². The Hall–Kier alpha value is -1.48. The lowest BCUT2D eigenvalue weighted by molar-refractivity contribution is -0.121. The van der Waals surface area contributed by atoms with Crippen molar-refractivity contribution in [1.82, 2.24) is 14.5 Å². The van der Waals surface area contributed by atoms with Crippen molar-refractivity contribution in [3.63, 3.8) is 0 Å². The van der Waals surface area contributed by atoms with Crippen LogP contribution in [0.5, 0.6) is 0 Å². The number of likely N-dealkylation sites (N-methyl/N-ethyl adjacent to an activating group) is 1. The van der Waals surface area contributed by atoms with Gasteiger partial charge in [0.2, 0.25) is 15.9 Å². The zero-order valence-electron chi connectivity index (χ0n) is 15.3. The maximum Gasteiger partial charge on any atom is 0.242 e. The number of amides is 1. The van der Waals surface area contributed by atoms with Crippen molar-refractivity contribution >= 4 is 21.6 Å². The van der Waals surface area contributed by atoms with Crippen molar-refractivity contribution in [3.8, 4) is 0 Å². The first-order valence-electron chi connectivity index (χ1n) is 8.50. The van der Waals surface area contributed by atoms with Crippen LogP contribution < -0.4 is 10.6 Å². The summed E-state index contributed by atoms with van der Waals surface area (Å²) in [4.78, 5) is 14.9. The van der Waals surface area contributed by atoms with E-state index in [-0.39, 0.29) is 16.8 Å². The van der Waals surface area contributed by atoms with Crippen LogP contribution in [-0.4, -0.2) is 69.8 Å². The van der Waals surface area contributed by atoms with E-state index in [4.69, 9.17) is 0 Å². The normalized spacial score (nSPS) is 20.4. The molecule has 0 aromatic heterocycles. The molecule has 2 N–H and O–H groups in total. The molecule has 8 heteroatoms. The second kappa shape index (κ2) is 8.27. The molecule has 140 valence electrons. The maximum absolute atomic E-state index is 12.6. The van der Waals surface area contributed by atoms with Crippen LogP contribution in [0.4, 0.5) is 5.69 Å². The molecule has 0 radical (unpaired) electrons. The van der Waals surface area contributed by atoms with E-state index in [1.54, 1.807) is 12.1 Å². The van der Waals surface area contributed by atoms with Crippen LogP contribution in [0.3, 0.4) is 0 Å². The number of nitrogens with one attached hydrogen (secondary N) is 2. The lowest BCUT2D eigenvalue weighted by Gasteiger charge is -2.35. The highest BCUT2D eigenvalue weighted by molar-refractivity contribution is 7.89. The third kappa shape index (κ3) is 4.78. The van der Waals surface area contributed by atoms with Crippen molar-refractivity contribution in [2.24, 2.45) is 0 Å². The molecule has 0 bridgehead atoms. The Kier molecular flexibility index (Phi) is 6.56. The molecule has 2 atom stereocenters. The van der Waals surface area contributed by atoms with Gasteiger partial charge in [0.25, 0.3) is 0 Å². The molecule has 25 heavy (non-hydrogen) atoms. The van der Waals surface area contributed by atoms with Gasteiger partial charge in [-0.3, -0.25) is 9.69 Å². The van der Waals surface area contributed by atoms with Gasteiger partial charge in [0, 0.05) is 32.4 Å². The number of piperidine rings is 1. The smallest absolute Gasteiger partial charge is 0.242 e. The molecule has 1 aromatic carbocycles. The Morgan fingerprint density at radius 2 is 2.08 bits per heavy atom. The molecule has 7 nitrogen and oxygen atoms in total. The molecular weight excluding hydrogens is 340 g/mol. The van der Waals surface area contributed by atoms with Crippen molar-refractivity contribution in [1.29, 1.82) is 0 Å². The van der Waals surface area contributed by atoms with E-state index in [1.165, 1.54) is 26.2 Å². The molecule has 2 unspecified atom stereocenters. The Bertz CT molecular complexity index is 706. The number of hydrogen-bond acceptors (Lipinski definition) is 5. The van der Waals surface area contributed by atoms with Crippen LogP contribution in [0.15, 0.2) is 29.2 Å². The zero-order chi connectivity index (χ0) is 18.6. The predicted molar refractivity (Wildman–Crippen MR) is 99.1 cm³/mol. The van der Waals surface area contributed by atoms with E-state index in [0.29, 0.717) is 11.7 Å². The first-order valence-corrected chi connectivity index (χ1v) is 9.94. The van der Waals surface area contributed by atoms with Gasteiger partial charge in [0.15, 0.2) is 0 Å². The van der Waals surface area contributed by atoms with E-state index in [1.807, 2.05) is 14.0 Å². The van der Waals surface area contributed by atoms with Crippen LogP contribution in [0.2, 0.25) is 0 Å². The van der Waals surface area contributed by atoms with Crippen molar-refractivity contribution < 1.29 is 13.2 Å². The van der Waals surface area contributed by atoms with Gasteiger partial charge < -0.3 is 10.6 Å². The number of likely N-dealkylation sites (tertiary alicyclic amines) is 1. The Labute approximate surface area is 150 Å². The molecule has 1 aliphatic heterocycles. The van der Waals surface area contributed by atoms with E-state index in [2.05, 4.69) is 15.5 Å². The number of nitrogens with zero attached hydrogens (tertiary/aromatic N) is 2. The topological polar surface area (TPSA) is 81.8 Å². The monoisotopic (exact) mass is 368 g/mol.